The van der Waals surface area contributed by atoms with Gasteiger partial charge in [-0.05, 0) is 36.8 Å². The molecule has 2 rings (SSSR count). The quantitative estimate of drug-likeness (QED) is 0.739. The van der Waals surface area contributed by atoms with Crippen molar-refractivity contribution in [2.75, 3.05) is 19.7 Å². The lowest BCUT2D eigenvalue weighted by Crippen LogP contribution is -2.38. The first-order valence-electron chi connectivity index (χ1n) is 7.92. The third-order valence-corrected chi connectivity index (χ3v) is 4.19. The van der Waals surface area contributed by atoms with E-state index in [2.05, 4.69) is 50.4 Å². The lowest BCUT2D eigenvalue weighted by Gasteiger charge is -2.30. The van der Waals surface area contributed by atoms with Gasteiger partial charge in [0.25, 0.3) is 0 Å². The van der Waals surface area contributed by atoms with Crippen LogP contribution < -0.4 is 5.32 Å². The van der Waals surface area contributed by atoms with Crippen LogP contribution in [0.4, 0.5) is 0 Å². The van der Waals surface area contributed by atoms with E-state index < -0.39 is 0 Å². The zero-order valence-corrected chi connectivity index (χ0v) is 13.2. The predicted octanol–water partition coefficient (Wildman–Crippen LogP) is 3.87. The first-order valence-corrected chi connectivity index (χ1v) is 7.92. The molecule has 1 aromatic rings. The summed E-state index contributed by atoms with van der Waals surface area (Å²) in [5, 5.41) is 3.62. The van der Waals surface area contributed by atoms with Crippen LogP contribution >= 0.6 is 0 Å². The molecular weight excluding hydrogens is 246 g/mol. The molecule has 1 N–H and O–H groups in total. The van der Waals surface area contributed by atoms with E-state index in [1.807, 2.05) is 6.07 Å². The predicted molar refractivity (Wildman–Crippen MR) is 84.6 cm³/mol. The van der Waals surface area contributed by atoms with Gasteiger partial charge in [0.2, 0.25) is 0 Å². The number of hydrogen-bond donors (Lipinski definition) is 1. The van der Waals surface area contributed by atoms with Crippen molar-refractivity contribution in [2.24, 2.45) is 17.3 Å². The van der Waals surface area contributed by atoms with Crippen LogP contribution in [0.2, 0.25) is 0 Å². The van der Waals surface area contributed by atoms with Gasteiger partial charge in [0.1, 0.15) is 0 Å². The number of hydrogen-bond acceptors (Lipinski definition) is 2. The summed E-state index contributed by atoms with van der Waals surface area (Å²) < 4.78 is 6.00. The molecule has 1 atom stereocenters. The Labute approximate surface area is 123 Å². The van der Waals surface area contributed by atoms with Crippen LogP contribution in [0.1, 0.15) is 39.2 Å². The maximum Gasteiger partial charge on any atom is 0.0717 e. The fraction of sp³-hybridized carbons (Fsp3) is 0.667. The van der Waals surface area contributed by atoms with Gasteiger partial charge in [-0.25, -0.2) is 0 Å². The van der Waals surface area contributed by atoms with Crippen LogP contribution in [0.3, 0.4) is 0 Å². The van der Waals surface area contributed by atoms with Gasteiger partial charge in [0.15, 0.2) is 0 Å². The number of ether oxygens (including phenoxy) is 1. The fourth-order valence-electron chi connectivity index (χ4n) is 2.72. The highest BCUT2D eigenvalue weighted by Gasteiger charge is 2.41. The van der Waals surface area contributed by atoms with E-state index in [0.29, 0.717) is 11.3 Å². The van der Waals surface area contributed by atoms with Gasteiger partial charge in [0.05, 0.1) is 13.2 Å². The van der Waals surface area contributed by atoms with Gasteiger partial charge < -0.3 is 10.1 Å². The Morgan fingerprint density at radius 1 is 1.25 bits per heavy atom. The zero-order valence-electron chi connectivity index (χ0n) is 13.2. The van der Waals surface area contributed by atoms with Crippen molar-refractivity contribution in [1.82, 2.24) is 5.32 Å². The van der Waals surface area contributed by atoms with Gasteiger partial charge in [-0.2, -0.15) is 0 Å². The van der Waals surface area contributed by atoms with Gasteiger partial charge in [0, 0.05) is 12.0 Å². The largest absolute Gasteiger partial charge is 0.376 e. The smallest absolute Gasteiger partial charge is 0.0717 e. The molecule has 0 amide bonds. The van der Waals surface area contributed by atoms with Crippen LogP contribution in [-0.4, -0.2) is 19.7 Å². The second kappa shape index (κ2) is 7.24. The molecule has 0 spiro atoms. The average Bonchev–Trinajstić information content (AvgIpc) is 3.24. The van der Waals surface area contributed by atoms with Crippen molar-refractivity contribution in [2.45, 2.75) is 40.2 Å². The molecule has 0 heterocycles. The van der Waals surface area contributed by atoms with Crippen molar-refractivity contribution in [3.05, 3.63) is 35.9 Å². The minimum absolute atomic E-state index is 0.295. The molecule has 1 aliphatic carbocycles. The summed E-state index contributed by atoms with van der Waals surface area (Å²) in [5.74, 6) is 1.56. The Kier molecular flexibility index (Phi) is 5.62. The molecule has 0 aromatic heterocycles. The zero-order chi connectivity index (χ0) is 14.4. The highest BCUT2D eigenvalue weighted by Crippen LogP contribution is 2.45. The van der Waals surface area contributed by atoms with E-state index in [0.717, 1.165) is 32.2 Å². The molecule has 1 aromatic carbocycles. The van der Waals surface area contributed by atoms with E-state index >= 15 is 0 Å². The second-order valence-electron chi connectivity index (χ2n) is 6.93. The molecule has 0 bridgehead atoms. The lowest BCUT2D eigenvalue weighted by molar-refractivity contribution is 0.0301. The number of benzene rings is 1. The van der Waals surface area contributed by atoms with Gasteiger partial charge >= 0.3 is 0 Å². The maximum atomic E-state index is 6.00. The molecule has 112 valence electrons. The first kappa shape index (κ1) is 15.5. The van der Waals surface area contributed by atoms with Crippen LogP contribution in [-0.2, 0) is 11.3 Å². The molecule has 2 heteroatoms. The number of rotatable bonds is 9. The Balaban J connectivity index is 1.76. The van der Waals surface area contributed by atoms with Crippen molar-refractivity contribution < 1.29 is 4.74 Å². The van der Waals surface area contributed by atoms with Gasteiger partial charge in [-0.1, -0.05) is 51.1 Å². The lowest BCUT2D eigenvalue weighted by atomic mass is 9.85. The summed E-state index contributed by atoms with van der Waals surface area (Å²) in [6.45, 7) is 10.7. The standard InChI is InChI=1S/C18H29NO/c1-15(2)11-19-13-18(3,17-9-10-17)14-20-12-16-7-5-4-6-8-16/h4-8,15,17,19H,9-14H2,1-3H3. The third-order valence-electron chi connectivity index (χ3n) is 4.19. The highest BCUT2D eigenvalue weighted by atomic mass is 16.5. The number of nitrogens with one attached hydrogen (secondary N) is 1. The fourth-order valence-corrected chi connectivity index (χ4v) is 2.72. The second-order valence-corrected chi connectivity index (χ2v) is 6.93. The first-order chi connectivity index (χ1) is 9.60. The maximum absolute atomic E-state index is 6.00. The van der Waals surface area contributed by atoms with E-state index in [4.69, 9.17) is 4.74 Å². The summed E-state index contributed by atoms with van der Waals surface area (Å²) in [6.07, 6.45) is 2.74. The Bertz CT molecular complexity index is 386. The molecular formula is C18H29NO. The van der Waals surface area contributed by atoms with Gasteiger partial charge in [-0.3, -0.25) is 0 Å². The van der Waals surface area contributed by atoms with Crippen LogP contribution in [0.25, 0.3) is 0 Å². The van der Waals surface area contributed by atoms with Crippen molar-refractivity contribution in [3.8, 4) is 0 Å². The minimum atomic E-state index is 0.295. The van der Waals surface area contributed by atoms with E-state index in [9.17, 15) is 0 Å². The molecule has 0 radical (unpaired) electrons. The van der Waals surface area contributed by atoms with E-state index in [1.54, 1.807) is 0 Å². The summed E-state index contributed by atoms with van der Waals surface area (Å²) in [7, 11) is 0. The monoisotopic (exact) mass is 275 g/mol. The summed E-state index contributed by atoms with van der Waals surface area (Å²) in [4.78, 5) is 0. The van der Waals surface area contributed by atoms with Crippen molar-refractivity contribution in [1.29, 1.82) is 0 Å². The highest BCUT2D eigenvalue weighted by molar-refractivity contribution is 5.13. The minimum Gasteiger partial charge on any atom is -0.376 e. The molecule has 0 aliphatic heterocycles. The molecule has 2 nitrogen and oxygen atoms in total. The van der Waals surface area contributed by atoms with Crippen LogP contribution in [0.5, 0.6) is 0 Å². The van der Waals surface area contributed by atoms with Crippen LogP contribution in [0.15, 0.2) is 30.3 Å². The summed E-state index contributed by atoms with van der Waals surface area (Å²) in [5.41, 5.74) is 1.56. The van der Waals surface area contributed by atoms with E-state index in [1.165, 1.54) is 18.4 Å². The van der Waals surface area contributed by atoms with Crippen molar-refractivity contribution >= 4 is 0 Å². The molecule has 1 aliphatic rings. The van der Waals surface area contributed by atoms with Crippen LogP contribution in [0, 0.1) is 17.3 Å². The Morgan fingerprint density at radius 2 is 1.95 bits per heavy atom. The SMILES string of the molecule is CC(C)CNCC(C)(COCc1ccccc1)C1CC1. The molecule has 0 saturated heterocycles. The summed E-state index contributed by atoms with van der Waals surface area (Å²) >= 11 is 0. The summed E-state index contributed by atoms with van der Waals surface area (Å²) in [6, 6.07) is 10.5. The Hall–Kier alpha value is -0.860. The van der Waals surface area contributed by atoms with Crippen molar-refractivity contribution in [3.63, 3.8) is 0 Å². The van der Waals surface area contributed by atoms with Gasteiger partial charge in [-0.15, -0.1) is 0 Å². The molecule has 1 unspecified atom stereocenters. The molecule has 20 heavy (non-hydrogen) atoms. The average molecular weight is 275 g/mol. The topological polar surface area (TPSA) is 21.3 Å². The third kappa shape index (κ3) is 4.92. The Morgan fingerprint density at radius 3 is 2.55 bits per heavy atom. The van der Waals surface area contributed by atoms with E-state index in [-0.39, 0.29) is 0 Å². The molecule has 1 fully saturated rings. The normalized spacial score (nSPS) is 18.2. The molecule has 1 saturated carbocycles.